The lowest BCUT2D eigenvalue weighted by Gasteiger charge is -2.20. The second-order valence-electron chi connectivity index (χ2n) is 3.77. The molecule has 0 spiro atoms. The molecule has 0 aromatic heterocycles. The van der Waals surface area contributed by atoms with Gasteiger partial charge in [0.15, 0.2) is 0 Å². The summed E-state index contributed by atoms with van der Waals surface area (Å²) in [4.78, 5) is 45.1. The van der Waals surface area contributed by atoms with Crippen molar-refractivity contribution in [2.45, 2.75) is 12.3 Å². The van der Waals surface area contributed by atoms with Gasteiger partial charge in [0.1, 0.15) is 18.9 Å². The number of aliphatic carboxylic acids is 1. The molecule has 2 saturated heterocycles. The summed E-state index contributed by atoms with van der Waals surface area (Å²) in [6, 6.07) is -0.980. The molecule has 0 aliphatic carbocycles. The van der Waals surface area contributed by atoms with E-state index in [1.165, 1.54) is 0 Å². The largest absolute Gasteiger partial charge is 0.548 e. The molecule has 0 bridgehead atoms. The zero-order valence-corrected chi connectivity index (χ0v) is 9.06. The Morgan fingerprint density at radius 3 is 2.67 bits per heavy atom. The molecule has 10 nitrogen and oxygen atoms in total. The van der Waals surface area contributed by atoms with E-state index in [9.17, 15) is 24.3 Å². The summed E-state index contributed by atoms with van der Waals surface area (Å²) >= 11 is 0. The van der Waals surface area contributed by atoms with Gasteiger partial charge in [-0.25, -0.2) is 9.59 Å². The van der Waals surface area contributed by atoms with Gasteiger partial charge in [-0.1, -0.05) is 0 Å². The monoisotopic (exact) mass is 256 g/mol. The first-order valence-corrected chi connectivity index (χ1v) is 5.08. The van der Waals surface area contributed by atoms with Gasteiger partial charge in [-0.15, -0.1) is 0 Å². The van der Waals surface area contributed by atoms with Crippen LogP contribution in [0, 0.1) is 0 Å². The van der Waals surface area contributed by atoms with Crippen molar-refractivity contribution in [2.75, 3.05) is 13.1 Å². The Labute approximate surface area is 101 Å². The third-order valence-electron chi connectivity index (χ3n) is 2.50. The molecule has 0 aromatic rings. The van der Waals surface area contributed by atoms with Gasteiger partial charge in [0.05, 0.1) is 12.5 Å². The maximum absolute atomic E-state index is 11.5. The molecule has 5 amide bonds. The van der Waals surface area contributed by atoms with Crippen LogP contribution in [0.1, 0.15) is 0 Å². The SMILES string of the molecule is O=C([O-])CNC(=O)CN1C(=O)N[C@@H]2NC(=O)N[C@H]21. The molecule has 10 heteroatoms. The number of carbonyl (C=O) groups excluding carboxylic acids is 4. The van der Waals surface area contributed by atoms with Gasteiger partial charge in [0.25, 0.3) is 0 Å². The standard InChI is InChI=1S/C8H11N5O5/c14-3(9-1-4(15)16)2-13-6-5(11-8(13)18)10-7(17)12-6/h5-6H,1-2H2,(H,9,14)(H,11,18)(H,15,16)(H2,10,12,17)/p-1/t5-,6-/m0/s1. The fourth-order valence-corrected chi connectivity index (χ4v) is 1.75. The Bertz CT molecular complexity index is 424. The number of rotatable bonds is 4. The van der Waals surface area contributed by atoms with Crippen molar-refractivity contribution in [3.8, 4) is 0 Å². The lowest BCUT2D eigenvalue weighted by Crippen LogP contribution is -2.49. The number of carboxylic acids is 1. The summed E-state index contributed by atoms with van der Waals surface area (Å²) in [5, 5.41) is 19.6. The van der Waals surface area contributed by atoms with Crippen molar-refractivity contribution in [1.29, 1.82) is 0 Å². The summed E-state index contributed by atoms with van der Waals surface area (Å²) in [6.07, 6.45) is -1.27. The van der Waals surface area contributed by atoms with Crippen LogP contribution < -0.4 is 26.4 Å². The Morgan fingerprint density at radius 2 is 2.00 bits per heavy atom. The van der Waals surface area contributed by atoms with Gasteiger partial charge in [0, 0.05) is 0 Å². The number of carboxylic acid groups (broad SMARTS) is 1. The molecule has 18 heavy (non-hydrogen) atoms. The molecule has 2 aliphatic rings. The highest BCUT2D eigenvalue weighted by atomic mass is 16.4. The van der Waals surface area contributed by atoms with Gasteiger partial charge in [-0.3, -0.25) is 9.69 Å². The maximum Gasteiger partial charge on any atom is 0.321 e. The smallest absolute Gasteiger partial charge is 0.321 e. The third-order valence-corrected chi connectivity index (χ3v) is 2.50. The molecular formula is C8H10N5O5-. The number of nitrogens with zero attached hydrogens (tertiary/aromatic N) is 1. The third kappa shape index (κ3) is 2.26. The molecule has 0 radical (unpaired) electrons. The maximum atomic E-state index is 11.5. The van der Waals surface area contributed by atoms with Crippen molar-refractivity contribution >= 4 is 23.9 Å². The molecule has 2 heterocycles. The lowest BCUT2D eigenvalue weighted by molar-refractivity contribution is -0.304. The molecule has 2 atom stereocenters. The molecule has 98 valence electrons. The van der Waals surface area contributed by atoms with E-state index in [0.29, 0.717) is 0 Å². The van der Waals surface area contributed by atoms with E-state index < -0.39 is 42.8 Å². The Morgan fingerprint density at radius 1 is 1.28 bits per heavy atom. The van der Waals surface area contributed by atoms with Crippen LogP contribution in [0.2, 0.25) is 0 Å². The average Bonchev–Trinajstić information content (AvgIpc) is 2.74. The highest BCUT2D eigenvalue weighted by molar-refractivity contribution is 5.89. The van der Waals surface area contributed by atoms with Gasteiger partial charge in [0.2, 0.25) is 5.91 Å². The van der Waals surface area contributed by atoms with Gasteiger partial charge < -0.3 is 31.2 Å². The first-order chi connectivity index (χ1) is 8.47. The number of urea groups is 2. The van der Waals surface area contributed by atoms with E-state index in [2.05, 4.69) is 21.3 Å². The zero-order chi connectivity index (χ0) is 13.3. The van der Waals surface area contributed by atoms with Crippen LogP contribution in [0.4, 0.5) is 9.59 Å². The minimum Gasteiger partial charge on any atom is -0.548 e. The van der Waals surface area contributed by atoms with Crippen LogP contribution in [-0.4, -0.2) is 54.3 Å². The van der Waals surface area contributed by atoms with Gasteiger partial charge in [-0.2, -0.15) is 0 Å². The Hall–Kier alpha value is -2.52. The van der Waals surface area contributed by atoms with Crippen molar-refractivity contribution < 1.29 is 24.3 Å². The Kier molecular flexibility index (Phi) is 2.92. The molecule has 2 aliphatic heterocycles. The fraction of sp³-hybridized carbons (Fsp3) is 0.500. The zero-order valence-electron chi connectivity index (χ0n) is 9.06. The predicted octanol–water partition coefficient (Wildman–Crippen LogP) is -4.16. The van der Waals surface area contributed by atoms with Crippen LogP contribution >= 0.6 is 0 Å². The second kappa shape index (κ2) is 4.39. The van der Waals surface area contributed by atoms with Crippen LogP contribution in [0.15, 0.2) is 0 Å². The topological polar surface area (TPSA) is 143 Å². The van der Waals surface area contributed by atoms with E-state index in [-0.39, 0.29) is 6.54 Å². The van der Waals surface area contributed by atoms with Crippen molar-refractivity contribution in [1.82, 2.24) is 26.2 Å². The number of amides is 5. The summed E-state index contributed by atoms with van der Waals surface area (Å²) in [7, 11) is 0. The predicted molar refractivity (Wildman–Crippen MR) is 52.5 cm³/mol. The summed E-state index contributed by atoms with van der Waals surface area (Å²) in [6.45, 7) is -0.991. The first-order valence-electron chi connectivity index (χ1n) is 5.08. The summed E-state index contributed by atoms with van der Waals surface area (Å²) < 4.78 is 0. The molecule has 4 N–H and O–H groups in total. The van der Waals surface area contributed by atoms with E-state index in [1.54, 1.807) is 0 Å². The van der Waals surface area contributed by atoms with Crippen LogP contribution in [0.25, 0.3) is 0 Å². The number of fused-ring (bicyclic) bond motifs is 1. The quantitative estimate of drug-likeness (QED) is 0.403. The van der Waals surface area contributed by atoms with E-state index >= 15 is 0 Å². The first kappa shape index (κ1) is 12.0. The molecule has 2 rings (SSSR count). The molecular weight excluding hydrogens is 246 g/mol. The average molecular weight is 256 g/mol. The molecule has 0 unspecified atom stereocenters. The normalized spacial score (nSPS) is 25.0. The molecule has 0 saturated carbocycles. The molecule has 2 fully saturated rings. The van der Waals surface area contributed by atoms with Gasteiger partial charge >= 0.3 is 12.1 Å². The highest BCUT2D eigenvalue weighted by Gasteiger charge is 2.45. The lowest BCUT2D eigenvalue weighted by atomic mass is 10.4. The summed E-state index contributed by atoms with van der Waals surface area (Å²) in [5.74, 6) is -2.08. The molecule has 0 aromatic carbocycles. The fourth-order valence-electron chi connectivity index (χ4n) is 1.75. The number of nitrogens with one attached hydrogen (secondary N) is 4. The van der Waals surface area contributed by atoms with Crippen LogP contribution in [-0.2, 0) is 9.59 Å². The number of hydrogen-bond acceptors (Lipinski definition) is 5. The highest BCUT2D eigenvalue weighted by Crippen LogP contribution is 2.12. The second-order valence-corrected chi connectivity index (χ2v) is 3.77. The van der Waals surface area contributed by atoms with E-state index in [1.807, 2.05) is 0 Å². The number of carbonyl (C=O) groups is 4. The van der Waals surface area contributed by atoms with Crippen molar-refractivity contribution in [3.05, 3.63) is 0 Å². The van der Waals surface area contributed by atoms with Crippen molar-refractivity contribution in [2.24, 2.45) is 0 Å². The summed E-state index contributed by atoms with van der Waals surface area (Å²) in [5.41, 5.74) is 0. The number of hydrogen-bond donors (Lipinski definition) is 4. The van der Waals surface area contributed by atoms with Crippen LogP contribution in [0.3, 0.4) is 0 Å². The van der Waals surface area contributed by atoms with Crippen LogP contribution in [0.5, 0.6) is 0 Å². The Balaban J connectivity index is 1.92. The van der Waals surface area contributed by atoms with Crippen molar-refractivity contribution in [3.63, 3.8) is 0 Å². The minimum atomic E-state index is -1.43. The van der Waals surface area contributed by atoms with Gasteiger partial charge in [-0.05, 0) is 0 Å². The van der Waals surface area contributed by atoms with E-state index in [4.69, 9.17) is 0 Å². The minimum absolute atomic E-state index is 0.359. The van der Waals surface area contributed by atoms with E-state index in [0.717, 1.165) is 4.90 Å².